The van der Waals surface area contributed by atoms with Gasteiger partial charge in [0.15, 0.2) is 0 Å². The maximum absolute atomic E-state index is 2.39. The van der Waals surface area contributed by atoms with Gasteiger partial charge in [-0.3, -0.25) is 0 Å². The van der Waals surface area contributed by atoms with E-state index in [1.807, 2.05) is 0 Å². The van der Waals surface area contributed by atoms with E-state index in [4.69, 9.17) is 0 Å². The predicted octanol–water partition coefficient (Wildman–Crippen LogP) is 13.4. The van der Waals surface area contributed by atoms with Gasteiger partial charge in [-0.15, -0.1) is 0 Å². The Labute approximate surface area is 288 Å². The first kappa shape index (κ1) is 30.0. The van der Waals surface area contributed by atoms with Crippen molar-refractivity contribution in [2.24, 2.45) is 0 Å². The van der Waals surface area contributed by atoms with Crippen LogP contribution in [0.4, 0.5) is 34.1 Å². The lowest BCUT2D eigenvalue weighted by Gasteiger charge is -2.28. The Hall–Kier alpha value is -6.38. The van der Waals surface area contributed by atoms with E-state index < -0.39 is 0 Å². The second kappa shape index (κ2) is 13.4. The molecule has 0 amide bonds. The number of aryl methyl sites for hydroxylation is 1. The van der Waals surface area contributed by atoms with Crippen LogP contribution in [0.25, 0.3) is 33.7 Å². The Morgan fingerprint density at radius 1 is 0.327 bits per heavy atom. The summed E-state index contributed by atoms with van der Waals surface area (Å²) in [6, 6.07) is 67.2. The molecule has 0 aliphatic rings. The third-order valence-electron chi connectivity index (χ3n) is 9.09. The largest absolute Gasteiger partial charge is 0.311 e. The molecule has 0 heterocycles. The molecule has 8 rings (SSSR count). The quantitative estimate of drug-likeness (QED) is 0.155. The minimum absolute atomic E-state index is 1.12. The molecule has 234 valence electrons. The van der Waals surface area contributed by atoms with Crippen molar-refractivity contribution in [3.05, 3.63) is 205 Å². The Bertz CT molecular complexity index is 2280. The summed E-state index contributed by atoms with van der Waals surface area (Å²) in [6.45, 7) is 2.12. The van der Waals surface area contributed by atoms with Crippen LogP contribution in [-0.2, 0) is 0 Å². The van der Waals surface area contributed by atoms with Crippen LogP contribution >= 0.6 is 0 Å². The van der Waals surface area contributed by atoms with Gasteiger partial charge in [0.2, 0.25) is 0 Å². The second-order valence-electron chi connectivity index (χ2n) is 12.4. The molecule has 0 radical (unpaired) electrons. The lowest BCUT2D eigenvalue weighted by Crippen LogP contribution is -2.11. The molecular weight excluding hydrogens is 593 g/mol. The number of benzene rings is 8. The number of para-hydroxylation sites is 1. The summed E-state index contributed by atoms with van der Waals surface area (Å²) < 4.78 is 0. The Morgan fingerprint density at radius 3 is 1.22 bits per heavy atom. The maximum Gasteiger partial charge on any atom is 0.0540 e. The topological polar surface area (TPSA) is 6.48 Å². The van der Waals surface area contributed by atoms with Gasteiger partial charge in [-0.05, 0) is 89.5 Å². The number of hydrogen-bond donors (Lipinski definition) is 0. The van der Waals surface area contributed by atoms with Crippen LogP contribution in [0.3, 0.4) is 0 Å². The van der Waals surface area contributed by atoms with Gasteiger partial charge in [0.05, 0.1) is 11.4 Å². The van der Waals surface area contributed by atoms with Crippen molar-refractivity contribution >= 4 is 67.8 Å². The smallest absolute Gasteiger partial charge is 0.0540 e. The van der Waals surface area contributed by atoms with Crippen LogP contribution in [0, 0.1) is 6.92 Å². The molecule has 0 saturated heterocycles. The maximum atomic E-state index is 2.39. The average molecular weight is 629 g/mol. The molecule has 0 aromatic heterocycles. The zero-order valence-electron chi connectivity index (χ0n) is 27.4. The van der Waals surface area contributed by atoms with Gasteiger partial charge < -0.3 is 9.80 Å². The van der Waals surface area contributed by atoms with Crippen molar-refractivity contribution in [3.63, 3.8) is 0 Å². The van der Waals surface area contributed by atoms with E-state index in [1.54, 1.807) is 0 Å². The number of fused-ring (bicyclic) bond motifs is 2. The number of hydrogen-bond acceptors (Lipinski definition) is 2. The minimum atomic E-state index is 1.12. The van der Waals surface area contributed by atoms with E-state index in [1.165, 1.54) is 27.1 Å². The van der Waals surface area contributed by atoms with Gasteiger partial charge in [-0.2, -0.15) is 0 Å². The lowest BCUT2D eigenvalue weighted by molar-refractivity contribution is 1.27. The highest BCUT2D eigenvalue weighted by Crippen LogP contribution is 2.42. The Morgan fingerprint density at radius 2 is 0.714 bits per heavy atom. The van der Waals surface area contributed by atoms with Crippen molar-refractivity contribution in [1.82, 2.24) is 0 Å². The zero-order valence-corrected chi connectivity index (χ0v) is 27.4. The monoisotopic (exact) mass is 628 g/mol. The van der Waals surface area contributed by atoms with Crippen molar-refractivity contribution < 1.29 is 0 Å². The summed E-state index contributed by atoms with van der Waals surface area (Å²) in [7, 11) is 0. The number of nitrogens with zero attached hydrogens (tertiary/aromatic N) is 2. The molecule has 0 N–H and O–H groups in total. The molecule has 49 heavy (non-hydrogen) atoms. The van der Waals surface area contributed by atoms with Crippen molar-refractivity contribution in [2.45, 2.75) is 6.92 Å². The molecule has 8 aromatic carbocycles. The van der Waals surface area contributed by atoms with Crippen LogP contribution in [-0.4, -0.2) is 0 Å². The Balaban J connectivity index is 1.10. The van der Waals surface area contributed by atoms with E-state index in [0.717, 1.165) is 45.3 Å². The molecule has 0 fully saturated rings. The highest BCUT2D eigenvalue weighted by molar-refractivity contribution is 6.04. The summed E-state index contributed by atoms with van der Waals surface area (Å²) in [5.41, 5.74) is 10.4. The molecule has 0 aliphatic carbocycles. The minimum Gasteiger partial charge on any atom is -0.311 e. The highest BCUT2D eigenvalue weighted by Gasteiger charge is 2.17. The summed E-state index contributed by atoms with van der Waals surface area (Å²) in [5, 5.41) is 4.89. The molecule has 0 atom stereocenters. The molecular formula is C47H36N2. The molecule has 0 saturated carbocycles. The van der Waals surface area contributed by atoms with E-state index in [2.05, 4.69) is 217 Å². The fraction of sp³-hybridized carbons (Fsp3) is 0.0213. The molecule has 0 spiro atoms. The van der Waals surface area contributed by atoms with Gasteiger partial charge in [-0.25, -0.2) is 0 Å². The third-order valence-corrected chi connectivity index (χ3v) is 9.09. The van der Waals surface area contributed by atoms with Gasteiger partial charge in [-0.1, -0.05) is 145 Å². The van der Waals surface area contributed by atoms with Crippen molar-refractivity contribution in [1.29, 1.82) is 0 Å². The zero-order chi connectivity index (χ0) is 33.0. The van der Waals surface area contributed by atoms with Gasteiger partial charge >= 0.3 is 0 Å². The van der Waals surface area contributed by atoms with Crippen LogP contribution in [0.5, 0.6) is 0 Å². The fourth-order valence-corrected chi connectivity index (χ4v) is 6.59. The predicted molar refractivity (Wildman–Crippen MR) is 211 cm³/mol. The lowest BCUT2D eigenvalue weighted by atomic mass is 10.0. The van der Waals surface area contributed by atoms with Gasteiger partial charge in [0.1, 0.15) is 0 Å². The summed E-state index contributed by atoms with van der Waals surface area (Å²) in [4.78, 5) is 4.69. The SMILES string of the molecule is Cc1ccc(N(c2ccccc2)c2ccc(/C=C/c3ccc(N(c4cccc5ccccc45)c4cccc5ccccc45)cc3)cc2)cc1. The standard InChI is InChI=1S/C47H36N2/c1-35-21-29-41(30-22-35)48(40-15-3-2-4-16-40)42-31-25-36(26-32-42)23-24-37-27-33-43(34-28-37)49(46-19-9-13-38-11-5-7-17-44(38)46)47-20-10-14-39-12-6-8-18-45(39)47/h2-34H,1H3/b24-23+. The van der Waals surface area contributed by atoms with Crippen LogP contribution in [0.15, 0.2) is 188 Å². The van der Waals surface area contributed by atoms with Gasteiger partial charge in [0.25, 0.3) is 0 Å². The first-order valence-electron chi connectivity index (χ1n) is 16.8. The fourth-order valence-electron chi connectivity index (χ4n) is 6.59. The normalized spacial score (nSPS) is 11.3. The number of anilines is 6. The van der Waals surface area contributed by atoms with E-state index >= 15 is 0 Å². The van der Waals surface area contributed by atoms with E-state index in [9.17, 15) is 0 Å². The first-order chi connectivity index (χ1) is 24.2. The molecule has 0 aliphatic heterocycles. The first-order valence-corrected chi connectivity index (χ1v) is 16.8. The summed E-state index contributed by atoms with van der Waals surface area (Å²) in [5.74, 6) is 0. The van der Waals surface area contributed by atoms with E-state index in [-0.39, 0.29) is 0 Å². The molecule has 8 aromatic rings. The summed E-state index contributed by atoms with van der Waals surface area (Å²) >= 11 is 0. The Kier molecular flexibility index (Phi) is 8.19. The summed E-state index contributed by atoms with van der Waals surface area (Å²) in [6.07, 6.45) is 4.37. The third kappa shape index (κ3) is 6.20. The molecule has 2 heteroatoms. The van der Waals surface area contributed by atoms with E-state index in [0.29, 0.717) is 0 Å². The van der Waals surface area contributed by atoms with Crippen LogP contribution in [0.1, 0.15) is 16.7 Å². The average Bonchev–Trinajstić information content (AvgIpc) is 3.17. The number of rotatable bonds is 8. The van der Waals surface area contributed by atoms with Crippen molar-refractivity contribution in [2.75, 3.05) is 9.80 Å². The highest BCUT2D eigenvalue weighted by atomic mass is 15.1. The molecule has 2 nitrogen and oxygen atoms in total. The van der Waals surface area contributed by atoms with Crippen molar-refractivity contribution in [3.8, 4) is 0 Å². The van der Waals surface area contributed by atoms with Crippen LogP contribution in [0.2, 0.25) is 0 Å². The second-order valence-corrected chi connectivity index (χ2v) is 12.4. The molecule has 0 bridgehead atoms. The van der Waals surface area contributed by atoms with Crippen LogP contribution < -0.4 is 9.80 Å². The van der Waals surface area contributed by atoms with Gasteiger partial charge in [0, 0.05) is 33.5 Å². The molecule has 0 unspecified atom stereocenters.